The molecule has 3 saturated carbocycles. The first-order chi connectivity index (χ1) is 17.6. The molecule has 4 rings (SSSR count). The van der Waals surface area contributed by atoms with Crippen LogP contribution >= 0.6 is 11.3 Å². The Morgan fingerprint density at radius 3 is 2.68 bits per heavy atom. The average Bonchev–Trinajstić information content (AvgIpc) is 3.51. The normalized spacial score (nSPS) is 35.2. The van der Waals surface area contributed by atoms with Crippen molar-refractivity contribution in [1.29, 1.82) is 0 Å². The van der Waals surface area contributed by atoms with Gasteiger partial charge in [-0.25, -0.2) is 0 Å². The molecular weight excluding hydrogens is 476 g/mol. The Morgan fingerprint density at radius 1 is 1.22 bits per heavy atom. The number of thiophene rings is 1. The van der Waals surface area contributed by atoms with Crippen LogP contribution in [0.5, 0.6) is 0 Å². The van der Waals surface area contributed by atoms with E-state index in [1.165, 1.54) is 37.0 Å². The summed E-state index contributed by atoms with van der Waals surface area (Å²) in [6.07, 6.45) is 14.1. The summed E-state index contributed by atoms with van der Waals surface area (Å²) in [5, 5.41) is 33.0. The Hall–Kier alpha value is -1.20. The summed E-state index contributed by atoms with van der Waals surface area (Å²) in [6.45, 7) is 13.9. The Kier molecular flexibility index (Phi) is 9.26. The van der Waals surface area contributed by atoms with Gasteiger partial charge in [0.1, 0.15) is 0 Å². The molecule has 4 heteroatoms. The van der Waals surface area contributed by atoms with Crippen LogP contribution < -0.4 is 0 Å². The van der Waals surface area contributed by atoms with Gasteiger partial charge in [0, 0.05) is 16.7 Å². The van der Waals surface area contributed by atoms with Crippen molar-refractivity contribution in [2.45, 2.75) is 110 Å². The van der Waals surface area contributed by atoms with Gasteiger partial charge in [-0.05, 0) is 96.6 Å². The van der Waals surface area contributed by atoms with Crippen LogP contribution in [-0.4, -0.2) is 34.1 Å². The fourth-order valence-corrected chi connectivity index (χ4v) is 9.32. The molecular formula is C33H50O3S. The maximum absolute atomic E-state index is 10.5. The quantitative estimate of drug-likeness (QED) is 0.311. The lowest BCUT2D eigenvalue weighted by molar-refractivity contribution is 0.0860. The molecule has 206 valence electrons. The fraction of sp³-hybridized carbons (Fsp3) is 0.697. The van der Waals surface area contributed by atoms with Gasteiger partial charge in [-0.1, -0.05) is 70.9 Å². The molecule has 0 saturated heterocycles. The molecule has 3 N–H and O–H groups in total. The van der Waals surface area contributed by atoms with Crippen molar-refractivity contribution < 1.29 is 15.3 Å². The monoisotopic (exact) mass is 526 g/mol. The van der Waals surface area contributed by atoms with Crippen LogP contribution in [0, 0.1) is 29.1 Å². The summed E-state index contributed by atoms with van der Waals surface area (Å²) in [5.74, 6) is 2.48. The molecule has 1 aromatic heterocycles. The van der Waals surface area contributed by atoms with E-state index >= 15 is 0 Å². The lowest BCUT2D eigenvalue weighted by Crippen LogP contribution is -2.37. The van der Waals surface area contributed by atoms with Crippen molar-refractivity contribution in [2.24, 2.45) is 29.1 Å². The van der Waals surface area contributed by atoms with Gasteiger partial charge in [0.05, 0.1) is 18.8 Å². The van der Waals surface area contributed by atoms with Gasteiger partial charge in [-0.3, -0.25) is 0 Å². The lowest BCUT2D eigenvalue weighted by Gasteiger charge is -2.44. The highest BCUT2D eigenvalue weighted by molar-refractivity contribution is 7.10. The van der Waals surface area contributed by atoms with Gasteiger partial charge in [0.25, 0.3) is 0 Å². The summed E-state index contributed by atoms with van der Waals surface area (Å²) in [4.78, 5) is 1.34. The number of allylic oxidation sites excluding steroid dienone is 3. The van der Waals surface area contributed by atoms with Crippen molar-refractivity contribution in [2.75, 3.05) is 6.61 Å². The van der Waals surface area contributed by atoms with Crippen LogP contribution in [0.3, 0.4) is 0 Å². The molecule has 37 heavy (non-hydrogen) atoms. The first kappa shape index (κ1) is 28.8. The summed E-state index contributed by atoms with van der Waals surface area (Å²) in [6, 6.07) is 4.33. The zero-order valence-electron chi connectivity index (χ0n) is 23.6. The van der Waals surface area contributed by atoms with Crippen molar-refractivity contribution in [1.82, 2.24) is 0 Å². The number of hydrogen-bond donors (Lipinski definition) is 3. The van der Waals surface area contributed by atoms with Gasteiger partial charge < -0.3 is 15.3 Å². The van der Waals surface area contributed by atoms with E-state index in [0.29, 0.717) is 36.0 Å². The largest absolute Gasteiger partial charge is 0.395 e. The van der Waals surface area contributed by atoms with Crippen LogP contribution in [0.1, 0.15) is 96.8 Å². The minimum Gasteiger partial charge on any atom is -0.395 e. The van der Waals surface area contributed by atoms with Crippen molar-refractivity contribution in [3.8, 4) is 0 Å². The Morgan fingerprint density at radius 2 is 2.00 bits per heavy atom. The van der Waals surface area contributed by atoms with E-state index in [4.69, 9.17) is 0 Å². The molecule has 0 aromatic carbocycles. The Balaban J connectivity index is 1.43. The van der Waals surface area contributed by atoms with Crippen LogP contribution in [0.25, 0.3) is 0 Å². The van der Waals surface area contributed by atoms with Gasteiger partial charge in [-0.2, -0.15) is 0 Å². The van der Waals surface area contributed by atoms with Gasteiger partial charge in [0.15, 0.2) is 0 Å². The molecule has 3 aliphatic carbocycles. The van der Waals surface area contributed by atoms with E-state index < -0.39 is 12.2 Å². The molecule has 3 nitrogen and oxygen atoms in total. The molecule has 1 aromatic rings. The first-order valence-electron chi connectivity index (χ1n) is 14.7. The second-order valence-electron chi connectivity index (χ2n) is 13.0. The molecule has 0 bridgehead atoms. The lowest BCUT2D eigenvalue weighted by atomic mass is 9.60. The second kappa shape index (κ2) is 11.9. The first-order valence-corrected chi connectivity index (χ1v) is 15.6. The fourth-order valence-electron chi connectivity index (χ4n) is 8.22. The van der Waals surface area contributed by atoms with Crippen molar-refractivity contribution in [3.63, 3.8) is 0 Å². The molecule has 7 atom stereocenters. The van der Waals surface area contributed by atoms with Crippen LogP contribution in [-0.2, 0) is 5.41 Å². The second-order valence-corrected chi connectivity index (χ2v) is 13.9. The number of fused-ring (bicyclic) bond motifs is 1. The number of aliphatic hydroxyl groups excluding tert-OH is 3. The number of aliphatic hydroxyl groups is 3. The highest BCUT2D eigenvalue weighted by Crippen LogP contribution is 2.60. The van der Waals surface area contributed by atoms with E-state index in [9.17, 15) is 15.3 Å². The highest BCUT2D eigenvalue weighted by atomic mass is 32.1. The van der Waals surface area contributed by atoms with E-state index in [2.05, 4.69) is 63.9 Å². The third-order valence-corrected chi connectivity index (χ3v) is 11.8. The van der Waals surface area contributed by atoms with Crippen LogP contribution in [0.2, 0.25) is 0 Å². The Labute approximate surface area is 229 Å². The highest BCUT2D eigenvalue weighted by Gasteiger charge is 2.50. The molecule has 0 aliphatic heterocycles. The predicted molar refractivity (Wildman–Crippen MR) is 156 cm³/mol. The minimum absolute atomic E-state index is 0.117. The molecule has 0 radical (unpaired) electrons. The molecule has 0 amide bonds. The van der Waals surface area contributed by atoms with Gasteiger partial charge >= 0.3 is 0 Å². The summed E-state index contributed by atoms with van der Waals surface area (Å²) < 4.78 is 0. The zero-order valence-corrected chi connectivity index (χ0v) is 24.4. The third kappa shape index (κ3) is 5.73. The molecule has 3 fully saturated rings. The van der Waals surface area contributed by atoms with E-state index in [-0.39, 0.29) is 12.0 Å². The summed E-state index contributed by atoms with van der Waals surface area (Å²) in [5.41, 5.74) is 3.59. The zero-order chi connectivity index (χ0) is 26.8. The molecule has 2 unspecified atom stereocenters. The maximum Gasteiger partial charge on any atom is 0.0811 e. The van der Waals surface area contributed by atoms with Crippen LogP contribution in [0.4, 0.5) is 0 Å². The smallest absolute Gasteiger partial charge is 0.0811 e. The van der Waals surface area contributed by atoms with E-state index in [0.717, 1.165) is 36.3 Å². The SMILES string of the molecule is C=C1/C(=C/C=C2/CCC[C@@]3(C)C2CC[C@@H]3C(C)CCC[C@@](CO)(c2cccs2)C(C)C)C[C@@H](O)C[C@@H]1O. The van der Waals surface area contributed by atoms with E-state index in [1.54, 1.807) is 16.9 Å². The number of hydrogen-bond acceptors (Lipinski definition) is 4. The maximum atomic E-state index is 10.5. The van der Waals surface area contributed by atoms with Gasteiger partial charge in [0.2, 0.25) is 0 Å². The molecule has 0 spiro atoms. The van der Waals surface area contributed by atoms with Crippen molar-refractivity contribution >= 4 is 11.3 Å². The van der Waals surface area contributed by atoms with E-state index in [1.807, 2.05) is 0 Å². The average molecular weight is 527 g/mol. The van der Waals surface area contributed by atoms with Crippen molar-refractivity contribution in [3.05, 3.63) is 57.8 Å². The topological polar surface area (TPSA) is 60.7 Å². The molecule has 3 aliphatic rings. The van der Waals surface area contributed by atoms with Gasteiger partial charge in [-0.15, -0.1) is 11.3 Å². The Bertz CT molecular complexity index is 976. The summed E-state index contributed by atoms with van der Waals surface area (Å²) in [7, 11) is 0. The van der Waals surface area contributed by atoms with Crippen LogP contribution in [0.15, 0.2) is 53.0 Å². The number of rotatable bonds is 9. The third-order valence-electron chi connectivity index (χ3n) is 10.7. The standard InChI is InChI=1S/C33H50O3S/c1-22(2)33(21-34,31-11-8-18-37-31)17-6-9-23(3)28-14-15-29-25(10-7-16-32(28,29)5)12-13-26-19-27(35)20-30(36)24(26)4/h8,11-13,18,22-23,27-30,34-36H,4,6-7,9-10,14-17,19-21H2,1-3,5H3/b25-12-,26-13+/t23?,27-,28-,29?,30+,32-,33+/m1/s1. The molecule has 1 heterocycles. The minimum atomic E-state index is -0.623. The predicted octanol–water partition coefficient (Wildman–Crippen LogP) is 7.58. The summed E-state index contributed by atoms with van der Waals surface area (Å²) >= 11 is 1.79.